The van der Waals surface area contributed by atoms with Crippen LogP contribution in [0.3, 0.4) is 0 Å². The number of carbonyl (C=O) groups excluding carboxylic acids is 1. The van der Waals surface area contributed by atoms with Gasteiger partial charge < -0.3 is 0 Å². The molecule has 0 saturated heterocycles. The minimum Gasteiger partial charge on any atom is -0.294 e. The second-order valence-electron chi connectivity index (χ2n) is 4.96. The lowest BCUT2D eigenvalue weighted by Crippen LogP contribution is -2.08. The van der Waals surface area contributed by atoms with E-state index in [0.717, 1.165) is 12.0 Å². The summed E-state index contributed by atoms with van der Waals surface area (Å²) in [5.41, 5.74) is 3.39. The SMILES string of the molecule is CC[C@H](CC(=O)c1ccccc1)c1ccccc1C. The molecular weight excluding hydrogens is 232 g/mol. The zero-order chi connectivity index (χ0) is 13.7. The van der Waals surface area contributed by atoms with E-state index in [1.165, 1.54) is 11.1 Å². The predicted molar refractivity (Wildman–Crippen MR) is 79.6 cm³/mol. The zero-order valence-electron chi connectivity index (χ0n) is 11.6. The molecule has 0 aliphatic rings. The van der Waals surface area contributed by atoms with E-state index in [-0.39, 0.29) is 5.78 Å². The molecular formula is C18H20O. The summed E-state index contributed by atoms with van der Waals surface area (Å²) < 4.78 is 0. The molecule has 0 heterocycles. The normalized spacial score (nSPS) is 12.1. The standard InChI is InChI=1S/C18H20O/c1-3-15(17-12-8-7-9-14(17)2)13-18(19)16-10-5-4-6-11-16/h4-12,15H,3,13H2,1-2H3/t15-/m1/s1. The van der Waals surface area contributed by atoms with Crippen molar-refractivity contribution in [2.45, 2.75) is 32.6 Å². The van der Waals surface area contributed by atoms with Crippen LogP contribution in [-0.2, 0) is 0 Å². The fraction of sp³-hybridized carbons (Fsp3) is 0.278. The van der Waals surface area contributed by atoms with Crippen LogP contribution in [0.25, 0.3) is 0 Å². The van der Waals surface area contributed by atoms with E-state index < -0.39 is 0 Å². The average Bonchev–Trinajstić information content (AvgIpc) is 2.46. The molecule has 0 aliphatic carbocycles. The van der Waals surface area contributed by atoms with Crippen molar-refractivity contribution in [2.75, 3.05) is 0 Å². The van der Waals surface area contributed by atoms with Gasteiger partial charge in [-0.1, -0.05) is 61.5 Å². The number of hydrogen-bond donors (Lipinski definition) is 0. The summed E-state index contributed by atoms with van der Waals surface area (Å²) in [4.78, 5) is 12.3. The summed E-state index contributed by atoms with van der Waals surface area (Å²) >= 11 is 0. The molecule has 0 bridgehead atoms. The summed E-state index contributed by atoms with van der Waals surface area (Å²) in [6, 6.07) is 17.9. The Labute approximate surface area is 115 Å². The van der Waals surface area contributed by atoms with E-state index in [1.54, 1.807) is 0 Å². The quantitative estimate of drug-likeness (QED) is 0.701. The van der Waals surface area contributed by atoms with Crippen LogP contribution in [-0.4, -0.2) is 5.78 Å². The fourth-order valence-electron chi connectivity index (χ4n) is 2.48. The third-order valence-electron chi connectivity index (χ3n) is 3.65. The molecule has 0 N–H and O–H groups in total. The Morgan fingerprint density at radius 1 is 1.00 bits per heavy atom. The van der Waals surface area contributed by atoms with Crippen molar-refractivity contribution in [1.29, 1.82) is 0 Å². The second-order valence-corrected chi connectivity index (χ2v) is 4.96. The zero-order valence-corrected chi connectivity index (χ0v) is 11.6. The maximum atomic E-state index is 12.3. The summed E-state index contributed by atoms with van der Waals surface area (Å²) in [6.07, 6.45) is 1.58. The minimum atomic E-state index is 0.232. The number of hydrogen-bond acceptors (Lipinski definition) is 1. The van der Waals surface area contributed by atoms with Crippen LogP contribution < -0.4 is 0 Å². The lowest BCUT2D eigenvalue weighted by Gasteiger charge is -2.17. The highest BCUT2D eigenvalue weighted by atomic mass is 16.1. The smallest absolute Gasteiger partial charge is 0.163 e. The van der Waals surface area contributed by atoms with Gasteiger partial charge in [-0.3, -0.25) is 4.79 Å². The lowest BCUT2D eigenvalue weighted by molar-refractivity contribution is 0.0973. The van der Waals surface area contributed by atoms with Crippen molar-refractivity contribution in [3.8, 4) is 0 Å². The predicted octanol–water partition coefficient (Wildman–Crippen LogP) is 4.76. The first kappa shape index (κ1) is 13.5. The molecule has 0 spiro atoms. The highest BCUT2D eigenvalue weighted by Gasteiger charge is 2.16. The summed E-state index contributed by atoms with van der Waals surface area (Å²) in [5.74, 6) is 0.546. The Morgan fingerprint density at radius 2 is 1.63 bits per heavy atom. The molecule has 0 amide bonds. The summed E-state index contributed by atoms with van der Waals surface area (Å²) in [5, 5.41) is 0. The van der Waals surface area contributed by atoms with E-state index in [2.05, 4.69) is 32.0 Å². The first-order valence-electron chi connectivity index (χ1n) is 6.86. The van der Waals surface area contributed by atoms with Gasteiger partial charge in [0.1, 0.15) is 0 Å². The van der Waals surface area contributed by atoms with Crippen LogP contribution in [0.5, 0.6) is 0 Å². The van der Waals surface area contributed by atoms with Crippen LogP contribution in [0.2, 0.25) is 0 Å². The molecule has 1 atom stereocenters. The largest absolute Gasteiger partial charge is 0.294 e. The second kappa shape index (κ2) is 6.33. The number of ketones is 1. The third-order valence-corrected chi connectivity index (χ3v) is 3.65. The third kappa shape index (κ3) is 3.31. The first-order valence-corrected chi connectivity index (χ1v) is 6.86. The van der Waals surface area contributed by atoms with Gasteiger partial charge in [0.25, 0.3) is 0 Å². The number of rotatable bonds is 5. The van der Waals surface area contributed by atoms with Crippen molar-refractivity contribution < 1.29 is 4.79 Å². The van der Waals surface area contributed by atoms with Crippen LogP contribution in [0, 0.1) is 6.92 Å². The van der Waals surface area contributed by atoms with Gasteiger partial charge in [0, 0.05) is 12.0 Å². The number of benzene rings is 2. The Balaban J connectivity index is 2.17. The van der Waals surface area contributed by atoms with Crippen molar-refractivity contribution in [1.82, 2.24) is 0 Å². The van der Waals surface area contributed by atoms with Gasteiger partial charge in [0.05, 0.1) is 0 Å². The van der Waals surface area contributed by atoms with Gasteiger partial charge in [0.2, 0.25) is 0 Å². The van der Waals surface area contributed by atoms with Gasteiger partial charge in [-0.2, -0.15) is 0 Å². The molecule has 2 rings (SSSR count). The van der Waals surface area contributed by atoms with E-state index in [1.807, 2.05) is 36.4 Å². The monoisotopic (exact) mass is 252 g/mol. The number of aryl methyl sites for hydroxylation is 1. The van der Waals surface area contributed by atoms with Crippen LogP contribution in [0.4, 0.5) is 0 Å². The Hall–Kier alpha value is -1.89. The van der Waals surface area contributed by atoms with Crippen LogP contribution in [0.15, 0.2) is 54.6 Å². The van der Waals surface area contributed by atoms with E-state index >= 15 is 0 Å². The van der Waals surface area contributed by atoms with Crippen molar-refractivity contribution >= 4 is 5.78 Å². The highest BCUT2D eigenvalue weighted by Crippen LogP contribution is 2.27. The summed E-state index contributed by atoms with van der Waals surface area (Å²) in [7, 11) is 0. The molecule has 0 aromatic heterocycles. The highest BCUT2D eigenvalue weighted by molar-refractivity contribution is 5.96. The molecule has 0 aliphatic heterocycles. The molecule has 0 saturated carbocycles. The molecule has 0 fully saturated rings. The van der Waals surface area contributed by atoms with Crippen LogP contribution in [0.1, 0.15) is 47.2 Å². The fourth-order valence-corrected chi connectivity index (χ4v) is 2.48. The van der Waals surface area contributed by atoms with Gasteiger partial charge in [-0.05, 0) is 30.4 Å². The van der Waals surface area contributed by atoms with Gasteiger partial charge in [0.15, 0.2) is 5.78 Å². The van der Waals surface area contributed by atoms with Crippen molar-refractivity contribution in [2.24, 2.45) is 0 Å². The molecule has 2 aromatic rings. The molecule has 1 nitrogen and oxygen atoms in total. The number of Topliss-reactive ketones (excluding diaryl/α,β-unsaturated/α-hetero) is 1. The van der Waals surface area contributed by atoms with E-state index in [0.29, 0.717) is 12.3 Å². The molecule has 0 unspecified atom stereocenters. The van der Waals surface area contributed by atoms with Gasteiger partial charge in [-0.25, -0.2) is 0 Å². The van der Waals surface area contributed by atoms with Gasteiger partial charge in [-0.15, -0.1) is 0 Å². The molecule has 19 heavy (non-hydrogen) atoms. The number of carbonyl (C=O) groups is 1. The van der Waals surface area contributed by atoms with Crippen molar-refractivity contribution in [3.63, 3.8) is 0 Å². The maximum Gasteiger partial charge on any atom is 0.163 e. The Kier molecular flexibility index (Phi) is 4.51. The average molecular weight is 252 g/mol. The Morgan fingerprint density at radius 3 is 2.26 bits per heavy atom. The van der Waals surface area contributed by atoms with E-state index in [4.69, 9.17) is 0 Å². The lowest BCUT2D eigenvalue weighted by atomic mass is 9.87. The molecule has 0 radical (unpaired) electrons. The first-order chi connectivity index (χ1) is 9.22. The van der Waals surface area contributed by atoms with Gasteiger partial charge >= 0.3 is 0 Å². The maximum absolute atomic E-state index is 12.3. The molecule has 2 aromatic carbocycles. The molecule has 98 valence electrons. The van der Waals surface area contributed by atoms with E-state index in [9.17, 15) is 4.79 Å². The topological polar surface area (TPSA) is 17.1 Å². The molecule has 1 heteroatoms. The Bertz CT molecular complexity index is 543. The minimum absolute atomic E-state index is 0.232. The van der Waals surface area contributed by atoms with Crippen LogP contribution >= 0.6 is 0 Å². The summed E-state index contributed by atoms with van der Waals surface area (Å²) in [6.45, 7) is 4.26. The van der Waals surface area contributed by atoms with Crippen molar-refractivity contribution in [3.05, 3.63) is 71.3 Å².